The van der Waals surface area contributed by atoms with E-state index >= 15 is 0 Å². The Morgan fingerprint density at radius 1 is 1.16 bits per heavy atom. The minimum atomic E-state index is -0.591. The fraction of sp³-hybridized carbons (Fsp3) is 0.520. The fourth-order valence-electron chi connectivity index (χ4n) is 4.53. The Morgan fingerprint density at radius 2 is 1.87 bits per heavy atom. The first-order valence-electron chi connectivity index (χ1n) is 11.2. The Bertz CT molecular complexity index is 917. The third-order valence-electron chi connectivity index (χ3n) is 5.98. The lowest BCUT2D eigenvalue weighted by molar-refractivity contribution is 0.0510. The van der Waals surface area contributed by atoms with Gasteiger partial charge in [0, 0.05) is 6.20 Å². The molecule has 31 heavy (non-hydrogen) atoms. The molecule has 2 heterocycles. The molecule has 1 aromatic heterocycles. The zero-order valence-electron chi connectivity index (χ0n) is 18.6. The summed E-state index contributed by atoms with van der Waals surface area (Å²) in [6.45, 7) is 6.07. The van der Waals surface area contributed by atoms with Gasteiger partial charge in [0.1, 0.15) is 23.7 Å². The van der Waals surface area contributed by atoms with E-state index in [1.807, 2.05) is 26.8 Å². The number of halogens is 1. The molecule has 0 saturated heterocycles. The highest BCUT2D eigenvalue weighted by atomic mass is 19.1. The van der Waals surface area contributed by atoms with Crippen LogP contribution in [0.2, 0.25) is 0 Å². The molecule has 1 amide bonds. The summed E-state index contributed by atoms with van der Waals surface area (Å²) in [5, 5.41) is 0. The Morgan fingerprint density at radius 3 is 2.55 bits per heavy atom. The van der Waals surface area contributed by atoms with Crippen molar-refractivity contribution in [3.63, 3.8) is 0 Å². The van der Waals surface area contributed by atoms with Gasteiger partial charge >= 0.3 is 6.09 Å². The van der Waals surface area contributed by atoms with E-state index in [1.165, 1.54) is 31.4 Å². The Labute approximate surface area is 183 Å². The lowest BCUT2D eigenvalue weighted by atomic mass is 9.83. The highest BCUT2D eigenvalue weighted by Crippen LogP contribution is 2.39. The molecule has 5 nitrogen and oxygen atoms in total. The van der Waals surface area contributed by atoms with E-state index in [1.54, 1.807) is 23.2 Å². The SMILES string of the molecule is CC(C)(C)OC(=O)N1c2cc(Cc3ccc(F)cc3)cnc2OC[C@@H]1C1CCCCC1. The Hall–Kier alpha value is -2.63. The molecule has 0 unspecified atom stereocenters. The summed E-state index contributed by atoms with van der Waals surface area (Å²) in [6.07, 6.45) is 7.78. The van der Waals surface area contributed by atoms with Gasteiger partial charge in [0.05, 0.1) is 6.04 Å². The van der Waals surface area contributed by atoms with E-state index in [-0.39, 0.29) is 18.0 Å². The highest BCUT2D eigenvalue weighted by molar-refractivity contribution is 5.91. The quantitative estimate of drug-likeness (QED) is 0.614. The standard InChI is InChI=1S/C25H31FN2O3/c1-25(2,3)31-24(29)28-21-14-18(13-17-9-11-20(26)12-10-17)15-27-23(21)30-16-22(28)19-7-5-4-6-8-19/h9-12,14-15,19,22H,4-8,13,16H2,1-3H3/t22-/m1/s1. The molecule has 6 heteroatoms. The molecule has 1 atom stereocenters. The number of nitrogens with zero attached hydrogens (tertiary/aromatic N) is 2. The van der Waals surface area contributed by atoms with Crippen molar-refractivity contribution >= 4 is 11.8 Å². The van der Waals surface area contributed by atoms with Crippen LogP contribution in [-0.4, -0.2) is 29.3 Å². The molecule has 4 rings (SSSR count). The second-order valence-corrected chi connectivity index (χ2v) is 9.60. The van der Waals surface area contributed by atoms with Crippen molar-refractivity contribution in [3.8, 4) is 5.88 Å². The molecular formula is C25H31FN2O3. The van der Waals surface area contributed by atoms with Crippen LogP contribution in [0, 0.1) is 11.7 Å². The first-order chi connectivity index (χ1) is 14.8. The summed E-state index contributed by atoms with van der Waals surface area (Å²) in [5.41, 5.74) is 1.99. The van der Waals surface area contributed by atoms with E-state index < -0.39 is 5.60 Å². The van der Waals surface area contributed by atoms with E-state index in [2.05, 4.69) is 4.98 Å². The third kappa shape index (κ3) is 5.17. The maximum Gasteiger partial charge on any atom is 0.415 e. The number of anilines is 1. The molecule has 1 aliphatic carbocycles. The second-order valence-electron chi connectivity index (χ2n) is 9.60. The van der Waals surface area contributed by atoms with Crippen molar-refractivity contribution < 1.29 is 18.7 Å². The summed E-state index contributed by atoms with van der Waals surface area (Å²) < 4.78 is 25.1. The minimum absolute atomic E-state index is 0.0643. The molecule has 2 aliphatic rings. The number of fused-ring (bicyclic) bond motifs is 1. The molecule has 1 fully saturated rings. The number of carbonyl (C=O) groups is 1. The molecule has 1 saturated carbocycles. The van der Waals surface area contributed by atoms with Crippen LogP contribution < -0.4 is 9.64 Å². The van der Waals surface area contributed by atoms with Gasteiger partial charge in [-0.05, 0) is 75.3 Å². The van der Waals surface area contributed by atoms with Crippen molar-refractivity contribution in [1.82, 2.24) is 4.98 Å². The van der Waals surface area contributed by atoms with E-state index in [0.717, 1.165) is 24.0 Å². The zero-order chi connectivity index (χ0) is 22.0. The molecule has 2 aromatic rings. The third-order valence-corrected chi connectivity index (χ3v) is 5.98. The number of ether oxygens (including phenoxy) is 2. The predicted molar refractivity (Wildman–Crippen MR) is 118 cm³/mol. The van der Waals surface area contributed by atoms with E-state index in [0.29, 0.717) is 30.5 Å². The average Bonchev–Trinajstić information content (AvgIpc) is 2.74. The van der Waals surface area contributed by atoms with Crippen molar-refractivity contribution in [1.29, 1.82) is 0 Å². The van der Waals surface area contributed by atoms with Crippen LogP contribution >= 0.6 is 0 Å². The predicted octanol–water partition coefficient (Wildman–Crippen LogP) is 5.89. The van der Waals surface area contributed by atoms with Gasteiger partial charge in [-0.2, -0.15) is 0 Å². The van der Waals surface area contributed by atoms with Gasteiger partial charge in [0.2, 0.25) is 5.88 Å². The Balaban J connectivity index is 1.66. The minimum Gasteiger partial charge on any atom is -0.474 e. The molecule has 0 bridgehead atoms. The van der Waals surface area contributed by atoms with Crippen LogP contribution in [0.4, 0.5) is 14.9 Å². The summed E-state index contributed by atoms with van der Waals surface area (Å²) >= 11 is 0. The molecular weight excluding hydrogens is 395 g/mol. The summed E-state index contributed by atoms with van der Waals surface area (Å²) in [4.78, 5) is 19.6. The number of pyridine rings is 1. The highest BCUT2D eigenvalue weighted by Gasteiger charge is 2.40. The fourth-order valence-corrected chi connectivity index (χ4v) is 4.53. The van der Waals surface area contributed by atoms with Gasteiger partial charge in [-0.3, -0.25) is 4.90 Å². The van der Waals surface area contributed by atoms with Crippen LogP contribution in [0.5, 0.6) is 5.88 Å². The number of hydrogen-bond acceptors (Lipinski definition) is 4. The summed E-state index contributed by atoms with van der Waals surface area (Å²) in [6, 6.07) is 8.34. The average molecular weight is 427 g/mol. The van der Waals surface area contributed by atoms with Gasteiger partial charge in [-0.15, -0.1) is 0 Å². The van der Waals surface area contributed by atoms with E-state index in [4.69, 9.17) is 9.47 Å². The number of amides is 1. The number of rotatable bonds is 3. The largest absolute Gasteiger partial charge is 0.474 e. The van der Waals surface area contributed by atoms with Gasteiger partial charge in [-0.1, -0.05) is 31.4 Å². The van der Waals surface area contributed by atoms with Crippen LogP contribution in [0.25, 0.3) is 0 Å². The molecule has 1 aliphatic heterocycles. The smallest absolute Gasteiger partial charge is 0.415 e. The van der Waals surface area contributed by atoms with Crippen molar-refractivity contribution in [2.24, 2.45) is 5.92 Å². The second kappa shape index (κ2) is 8.85. The lowest BCUT2D eigenvalue weighted by Crippen LogP contribution is -2.52. The zero-order valence-corrected chi connectivity index (χ0v) is 18.6. The maximum atomic E-state index is 13.3. The van der Waals surface area contributed by atoms with E-state index in [9.17, 15) is 9.18 Å². The molecule has 0 spiro atoms. The van der Waals surface area contributed by atoms with Gasteiger partial charge in [0.15, 0.2) is 0 Å². The number of hydrogen-bond donors (Lipinski definition) is 0. The van der Waals surface area contributed by atoms with Gasteiger partial charge < -0.3 is 9.47 Å². The first-order valence-corrected chi connectivity index (χ1v) is 11.2. The van der Waals surface area contributed by atoms with Crippen molar-refractivity contribution in [2.75, 3.05) is 11.5 Å². The molecule has 0 radical (unpaired) electrons. The van der Waals surface area contributed by atoms with Crippen molar-refractivity contribution in [2.45, 2.75) is 70.9 Å². The normalized spacial score (nSPS) is 19.5. The lowest BCUT2D eigenvalue weighted by Gasteiger charge is -2.42. The molecule has 0 N–H and O–H groups in total. The van der Waals surface area contributed by atoms with Gasteiger partial charge in [0.25, 0.3) is 0 Å². The van der Waals surface area contributed by atoms with Crippen LogP contribution in [0.15, 0.2) is 36.5 Å². The number of benzene rings is 1. The first kappa shape index (κ1) is 21.6. The van der Waals surface area contributed by atoms with Crippen LogP contribution in [-0.2, 0) is 11.2 Å². The monoisotopic (exact) mass is 426 g/mol. The van der Waals surface area contributed by atoms with Crippen molar-refractivity contribution in [3.05, 3.63) is 53.5 Å². The number of carbonyl (C=O) groups excluding carboxylic acids is 1. The topological polar surface area (TPSA) is 51.7 Å². The summed E-state index contributed by atoms with van der Waals surface area (Å²) in [5.74, 6) is 0.586. The molecule has 1 aromatic carbocycles. The maximum absolute atomic E-state index is 13.3. The summed E-state index contributed by atoms with van der Waals surface area (Å²) in [7, 11) is 0. The van der Waals surface area contributed by atoms with Crippen LogP contribution in [0.1, 0.15) is 64.0 Å². The Kier molecular flexibility index (Phi) is 6.17. The number of aromatic nitrogens is 1. The van der Waals surface area contributed by atoms with Gasteiger partial charge in [-0.25, -0.2) is 14.2 Å². The molecule has 166 valence electrons. The van der Waals surface area contributed by atoms with Crippen LogP contribution in [0.3, 0.4) is 0 Å².